The number of hydrogen-bond acceptors (Lipinski definition) is 3. The first kappa shape index (κ1) is 13.0. The Morgan fingerprint density at radius 3 is 1.82 bits per heavy atom. The van der Waals surface area contributed by atoms with Crippen molar-refractivity contribution in [3.8, 4) is 0 Å². The van der Waals surface area contributed by atoms with Crippen LogP contribution in [0.4, 0.5) is 0 Å². The molecule has 0 atom stereocenters. The van der Waals surface area contributed by atoms with Crippen LogP contribution in [0, 0.1) is 0 Å². The molecule has 0 N–H and O–H groups in total. The quantitative estimate of drug-likeness (QED) is 0.594. The van der Waals surface area contributed by atoms with Crippen molar-refractivity contribution in [3.63, 3.8) is 0 Å². The molecule has 0 saturated carbocycles. The molecule has 0 bridgehead atoms. The van der Waals surface area contributed by atoms with Gasteiger partial charge in [-0.25, -0.2) is 0 Å². The maximum atomic E-state index is 5.99. The predicted molar refractivity (Wildman–Crippen MR) is 73.9 cm³/mol. The molecule has 0 spiro atoms. The van der Waals surface area contributed by atoms with E-state index in [0.29, 0.717) is 0 Å². The smallest absolute Gasteiger partial charge is 0.399 e. The predicted octanol–water partition coefficient (Wildman–Crippen LogP) is 2.71. The molecule has 0 unspecified atom stereocenters. The lowest BCUT2D eigenvalue weighted by molar-refractivity contribution is 0.00578. The van der Waals surface area contributed by atoms with Crippen molar-refractivity contribution in [2.24, 2.45) is 0 Å². The molecule has 0 aliphatic carbocycles. The minimum atomic E-state index is -0.268. The molecule has 2 rings (SSSR count). The van der Waals surface area contributed by atoms with Gasteiger partial charge >= 0.3 is 7.12 Å². The second-order valence-electron chi connectivity index (χ2n) is 5.36. The Labute approximate surface area is 108 Å². The molecule has 0 radical (unpaired) electrons. The van der Waals surface area contributed by atoms with Crippen LogP contribution in [0.25, 0.3) is 0 Å². The standard InChI is InChI=1S/C13H19BO2S/c1-12(2)13(3,4)16-14(15-12)10-6-8-11(17-5)9-7-10/h6-9H,1-5H3. The van der Waals surface area contributed by atoms with Crippen molar-refractivity contribution >= 4 is 24.3 Å². The zero-order valence-corrected chi connectivity index (χ0v) is 11.9. The molecule has 0 amide bonds. The highest BCUT2D eigenvalue weighted by Gasteiger charge is 2.51. The highest BCUT2D eigenvalue weighted by atomic mass is 32.2. The van der Waals surface area contributed by atoms with E-state index < -0.39 is 0 Å². The fourth-order valence-electron chi connectivity index (χ4n) is 1.74. The van der Waals surface area contributed by atoms with Gasteiger partial charge in [0.1, 0.15) is 0 Å². The number of hydrogen-bond donors (Lipinski definition) is 0. The maximum Gasteiger partial charge on any atom is 0.494 e. The minimum absolute atomic E-state index is 0.254. The van der Waals surface area contributed by atoms with Gasteiger partial charge in [-0.05, 0) is 51.5 Å². The van der Waals surface area contributed by atoms with E-state index in [2.05, 4.69) is 58.2 Å². The first-order chi connectivity index (χ1) is 7.86. The molecule has 92 valence electrons. The van der Waals surface area contributed by atoms with Gasteiger partial charge in [-0.3, -0.25) is 0 Å². The summed E-state index contributed by atoms with van der Waals surface area (Å²) in [7, 11) is -0.254. The molecule has 17 heavy (non-hydrogen) atoms. The molecule has 4 heteroatoms. The lowest BCUT2D eigenvalue weighted by Gasteiger charge is -2.32. The van der Waals surface area contributed by atoms with Crippen LogP contribution in [-0.2, 0) is 9.31 Å². The van der Waals surface area contributed by atoms with E-state index in [1.807, 2.05) is 0 Å². The summed E-state index contributed by atoms with van der Waals surface area (Å²) in [6.07, 6.45) is 2.07. The van der Waals surface area contributed by atoms with Gasteiger partial charge in [0.05, 0.1) is 11.2 Å². The molecule has 1 aromatic rings. The van der Waals surface area contributed by atoms with Crippen LogP contribution in [0.3, 0.4) is 0 Å². The molecule has 2 nitrogen and oxygen atoms in total. The lowest BCUT2D eigenvalue weighted by atomic mass is 9.79. The SMILES string of the molecule is CSc1ccc(B2OC(C)(C)C(C)(C)O2)cc1. The molecule has 1 saturated heterocycles. The van der Waals surface area contributed by atoms with Gasteiger partial charge in [0.15, 0.2) is 0 Å². The van der Waals surface area contributed by atoms with E-state index in [-0.39, 0.29) is 18.3 Å². The van der Waals surface area contributed by atoms with Crippen molar-refractivity contribution in [3.05, 3.63) is 24.3 Å². The molecule has 1 aromatic carbocycles. The third-order valence-corrected chi connectivity index (χ3v) is 4.38. The van der Waals surface area contributed by atoms with E-state index in [9.17, 15) is 0 Å². The highest BCUT2D eigenvalue weighted by molar-refractivity contribution is 7.98. The minimum Gasteiger partial charge on any atom is -0.399 e. The Balaban J connectivity index is 2.20. The Kier molecular flexibility index (Phi) is 3.32. The summed E-state index contributed by atoms with van der Waals surface area (Å²) < 4.78 is 12.0. The summed E-state index contributed by atoms with van der Waals surface area (Å²) >= 11 is 1.74. The van der Waals surface area contributed by atoms with Crippen molar-refractivity contribution in [1.82, 2.24) is 0 Å². The maximum absolute atomic E-state index is 5.99. The number of rotatable bonds is 2. The second kappa shape index (κ2) is 4.34. The van der Waals surface area contributed by atoms with E-state index in [1.54, 1.807) is 11.8 Å². The molecule has 1 fully saturated rings. The first-order valence-electron chi connectivity index (χ1n) is 5.85. The number of thioether (sulfide) groups is 1. The first-order valence-corrected chi connectivity index (χ1v) is 7.08. The van der Waals surface area contributed by atoms with Gasteiger partial charge in [0, 0.05) is 4.90 Å². The van der Waals surface area contributed by atoms with Crippen LogP contribution in [0.5, 0.6) is 0 Å². The summed E-state index contributed by atoms with van der Waals surface area (Å²) in [6, 6.07) is 8.36. The van der Waals surface area contributed by atoms with Gasteiger partial charge in [0.25, 0.3) is 0 Å². The van der Waals surface area contributed by atoms with Gasteiger partial charge in [-0.15, -0.1) is 11.8 Å². The van der Waals surface area contributed by atoms with Gasteiger partial charge in [0.2, 0.25) is 0 Å². The van der Waals surface area contributed by atoms with Gasteiger partial charge in [-0.2, -0.15) is 0 Å². The van der Waals surface area contributed by atoms with Crippen LogP contribution >= 0.6 is 11.8 Å². The van der Waals surface area contributed by atoms with Crippen molar-refractivity contribution < 1.29 is 9.31 Å². The Hall–Kier alpha value is -0.445. The zero-order chi connectivity index (χ0) is 12.7. The van der Waals surface area contributed by atoms with Crippen LogP contribution in [0.2, 0.25) is 0 Å². The molecule has 0 aromatic heterocycles. The van der Waals surface area contributed by atoms with Crippen LogP contribution < -0.4 is 5.46 Å². The van der Waals surface area contributed by atoms with Gasteiger partial charge < -0.3 is 9.31 Å². The fourth-order valence-corrected chi connectivity index (χ4v) is 2.15. The summed E-state index contributed by atoms with van der Waals surface area (Å²) in [5, 5.41) is 0. The van der Waals surface area contributed by atoms with Gasteiger partial charge in [-0.1, -0.05) is 12.1 Å². The summed E-state index contributed by atoms with van der Waals surface area (Å²) in [5.74, 6) is 0. The van der Waals surface area contributed by atoms with Crippen LogP contribution in [0.1, 0.15) is 27.7 Å². The largest absolute Gasteiger partial charge is 0.494 e. The van der Waals surface area contributed by atoms with Crippen LogP contribution in [0.15, 0.2) is 29.2 Å². The average molecular weight is 250 g/mol. The van der Waals surface area contributed by atoms with Crippen LogP contribution in [-0.4, -0.2) is 24.6 Å². The van der Waals surface area contributed by atoms with Crippen molar-refractivity contribution in [2.75, 3.05) is 6.26 Å². The Morgan fingerprint density at radius 2 is 1.41 bits per heavy atom. The van der Waals surface area contributed by atoms with Crippen molar-refractivity contribution in [2.45, 2.75) is 43.8 Å². The van der Waals surface area contributed by atoms with E-state index in [1.165, 1.54) is 4.90 Å². The topological polar surface area (TPSA) is 18.5 Å². The third kappa shape index (κ3) is 2.39. The molecule has 1 heterocycles. The van der Waals surface area contributed by atoms with Crippen molar-refractivity contribution in [1.29, 1.82) is 0 Å². The average Bonchev–Trinajstić information content (AvgIpc) is 2.48. The Bertz CT molecular complexity index is 384. The molecule has 1 aliphatic rings. The molecular weight excluding hydrogens is 231 g/mol. The second-order valence-corrected chi connectivity index (χ2v) is 6.24. The fraction of sp³-hybridized carbons (Fsp3) is 0.538. The monoisotopic (exact) mass is 250 g/mol. The number of benzene rings is 1. The Morgan fingerprint density at radius 1 is 0.941 bits per heavy atom. The van der Waals surface area contributed by atoms with E-state index in [4.69, 9.17) is 9.31 Å². The summed E-state index contributed by atoms with van der Waals surface area (Å²) in [4.78, 5) is 1.25. The normalized spacial score (nSPS) is 21.8. The van der Waals surface area contributed by atoms with E-state index in [0.717, 1.165) is 5.46 Å². The lowest BCUT2D eigenvalue weighted by Crippen LogP contribution is -2.41. The molecule has 1 aliphatic heterocycles. The third-order valence-electron chi connectivity index (χ3n) is 3.64. The summed E-state index contributed by atoms with van der Waals surface area (Å²) in [5.41, 5.74) is 0.549. The van der Waals surface area contributed by atoms with E-state index >= 15 is 0 Å². The zero-order valence-electron chi connectivity index (χ0n) is 11.1. The highest BCUT2D eigenvalue weighted by Crippen LogP contribution is 2.36. The molecular formula is C13H19BO2S. The summed E-state index contributed by atoms with van der Waals surface area (Å²) in [6.45, 7) is 8.29.